The molecule has 0 radical (unpaired) electrons. The summed E-state index contributed by atoms with van der Waals surface area (Å²) in [6, 6.07) is 15.4. The van der Waals surface area contributed by atoms with E-state index in [1.54, 1.807) is 23.5 Å². The van der Waals surface area contributed by atoms with E-state index in [0.717, 1.165) is 67.8 Å². The lowest BCUT2D eigenvalue weighted by atomic mass is 9.96. The Morgan fingerprint density at radius 1 is 1.02 bits per heavy atom. The molecule has 5 nitrogen and oxygen atoms in total. The fourth-order valence-corrected chi connectivity index (χ4v) is 7.75. The van der Waals surface area contributed by atoms with Gasteiger partial charge in [-0.2, -0.15) is 0 Å². The van der Waals surface area contributed by atoms with E-state index in [2.05, 4.69) is 34.0 Å². The Bertz CT molecular complexity index is 1700. The monoisotopic (exact) mass is 760 g/mol. The van der Waals surface area contributed by atoms with Gasteiger partial charge in [-0.05, 0) is 122 Å². The summed E-state index contributed by atoms with van der Waals surface area (Å²) in [4.78, 5) is 20.1. The third-order valence-corrected chi connectivity index (χ3v) is 10.2. The molecule has 1 aliphatic carbocycles. The first-order valence-corrected chi connectivity index (χ1v) is 17.5. The van der Waals surface area contributed by atoms with Crippen LogP contribution in [0.2, 0.25) is 10.0 Å². The molecule has 3 aromatic carbocycles. The van der Waals surface area contributed by atoms with Gasteiger partial charge < -0.3 is 14.8 Å². The molecule has 230 valence electrons. The number of aryl methyl sites for hydroxylation is 3. The van der Waals surface area contributed by atoms with Crippen LogP contribution in [0.4, 0.5) is 10.7 Å². The quantitative estimate of drug-likeness (QED) is 0.136. The van der Waals surface area contributed by atoms with E-state index in [4.69, 9.17) is 37.7 Å². The minimum absolute atomic E-state index is 0.0990. The van der Waals surface area contributed by atoms with Crippen molar-refractivity contribution in [2.75, 3.05) is 11.9 Å². The summed E-state index contributed by atoms with van der Waals surface area (Å²) in [5, 5.41) is 5.07. The molecule has 0 saturated carbocycles. The summed E-state index contributed by atoms with van der Waals surface area (Å²) >= 11 is 16.3. The molecule has 0 atom stereocenters. The van der Waals surface area contributed by atoms with E-state index in [1.807, 2.05) is 57.3 Å². The smallest absolute Gasteiger partial charge is 0.259 e. The molecule has 0 fully saturated rings. The van der Waals surface area contributed by atoms with Gasteiger partial charge in [0.1, 0.15) is 11.6 Å². The molecule has 1 heterocycles. The van der Waals surface area contributed by atoms with Gasteiger partial charge in [0.2, 0.25) is 0 Å². The van der Waals surface area contributed by atoms with Crippen LogP contribution in [0, 0.1) is 17.4 Å². The van der Waals surface area contributed by atoms with Gasteiger partial charge in [0, 0.05) is 32.4 Å². The maximum absolute atomic E-state index is 13.9. The molecule has 44 heavy (non-hydrogen) atoms. The van der Waals surface area contributed by atoms with Gasteiger partial charge in [-0.15, -0.1) is 11.3 Å². The molecule has 0 unspecified atom stereocenters. The molecular formula is C35H35Cl2IN2O3S. The van der Waals surface area contributed by atoms with Crippen molar-refractivity contribution in [3.05, 3.63) is 100 Å². The third kappa shape index (κ3) is 7.97. The minimum Gasteiger partial charge on any atom is -0.490 e. The molecule has 0 saturated heterocycles. The lowest BCUT2D eigenvalue weighted by molar-refractivity contribution is 0.102. The van der Waals surface area contributed by atoms with Crippen molar-refractivity contribution in [3.63, 3.8) is 0 Å². The fraction of sp³-hybridized carbons (Fsp3) is 0.314. The molecule has 0 aliphatic heterocycles. The second-order valence-corrected chi connectivity index (χ2v) is 14.0. The number of nitrogens with one attached hydrogen (secondary N) is 1. The number of rotatable bonds is 9. The predicted molar refractivity (Wildman–Crippen MR) is 192 cm³/mol. The van der Waals surface area contributed by atoms with Crippen LogP contribution < -0.4 is 14.8 Å². The number of aliphatic imine (C=N–C) groups is 1. The summed E-state index contributed by atoms with van der Waals surface area (Å²) in [6.45, 7) is 6.75. The van der Waals surface area contributed by atoms with Crippen LogP contribution in [0.25, 0.3) is 0 Å². The molecule has 5 rings (SSSR count). The first-order valence-electron chi connectivity index (χ1n) is 14.8. The minimum atomic E-state index is -0.0990. The molecule has 1 N–H and O–H groups in total. The fourth-order valence-electron chi connectivity index (χ4n) is 5.27. The summed E-state index contributed by atoms with van der Waals surface area (Å²) in [7, 11) is 0. The zero-order chi connectivity index (χ0) is 31.2. The Balaban J connectivity index is 1.46. The second-order valence-electron chi connectivity index (χ2n) is 10.9. The van der Waals surface area contributed by atoms with Crippen LogP contribution in [0.3, 0.4) is 0 Å². The van der Waals surface area contributed by atoms with E-state index in [1.165, 1.54) is 17.7 Å². The SMILES string of the molecule is CCOc1cc(C=Nc2sc3c(c2C(=O)Nc2cc(C)ccc2C)CCCCCC3)cc(I)c1OCc1ccc(Cl)cc1Cl. The third-order valence-electron chi connectivity index (χ3n) is 7.57. The number of hydrogen-bond acceptors (Lipinski definition) is 5. The molecular weight excluding hydrogens is 726 g/mol. The predicted octanol–water partition coefficient (Wildman–Crippen LogP) is 10.9. The van der Waals surface area contributed by atoms with Crippen LogP contribution in [0.15, 0.2) is 53.5 Å². The van der Waals surface area contributed by atoms with Gasteiger partial charge in [-0.1, -0.05) is 54.2 Å². The average molecular weight is 762 g/mol. The number of halogens is 3. The summed E-state index contributed by atoms with van der Waals surface area (Å²) < 4.78 is 13.1. The van der Waals surface area contributed by atoms with Crippen LogP contribution in [-0.4, -0.2) is 18.7 Å². The normalized spacial score (nSPS) is 13.3. The first-order chi connectivity index (χ1) is 21.2. The van der Waals surface area contributed by atoms with Crippen molar-refractivity contribution in [2.24, 2.45) is 4.99 Å². The maximum Gasteiger partial charge on any atom is 0.259 e. The molecule has 4 aromatic rings. The van der Waals surface area contributed by atoms with Crippen molar-refractivity contribution >= 4 is 79.9 Å². The number of ether oxygens (including phenoxy) is 2. The summed E-state index contributed by atoms with van der Waals surface area (Å²) in [5.74, 6) is 1.17. The van der Waals surface area contributed by atoms with E-state index >= 15 is 0 Å². The highest BCUT2D eigenvalue weighted by atomic mass is 127. The van der Waals surface area contributed by atoms with Gasteiger partial charge in [-0.25, -0.2) is 4.99 Å². The van der Waals surface area contributed by atoms with Gasteiger partial charge in [0.25, 0.3) is 5.91 Å². The molecule has 1 amide bonds. The van der Waals surface area contributed by atoms with E-state index < -0.39 is 0 Å². The van der Waals surface area contributed by atoms with Gasteiger partial charge in [0.05, 0.1) is 15.7 Å². The van der Waals surface area contributed by atoms with Gasteiger partial charge >= 0.3 is 0 Å². The maximum atomic E-state index is 13.9. The number of benzene rings is 3. The van der Waals surface area contributed by atoms with Crippen LogP contribution in [0.5, 0.6) is 11.5 Å². The summed E-state index contributed by atoms with van der Waals surface area (Å²) in [5.41, 5.74) is 6.51. The molecule has 0 bridgehead atoms. The highest BCUT2D eigenvalue weighted by molar-refractivity contribution is 14.1. The highest BCUT2D eigenvalue weighted by Crippen LogP contribution is 2.40. The average Bonchev–Trinajstić information content (AvgIpc) is 3.30. The van der Waals surface area contributed by atoms with Crippen molar-refractivity contribution in [1.82, 2.24) is 0 Å². The highest BCUT2D eigenvalue weighted by Gasteiger charge is 2.25. The zero-order valence-electron chi connectivity index (χ0n) is 25.1. The van der Waals surface area contributed by atoms with E-state index in [-0.39, 0.29) is 12.5 Å². The van der Waals surface area contributed by atoms with Crippen LogP contribution in [0.1, 0.15) is 75.7 Å². The summed E-state index contributed by atoms with van der Waals surface area (Å²) in [6.07, 6.45) is 8.31. The standard InChI is InChI=1S/C35H35Cl2IN2O3S/c1-4-42-30-17-23(16-28(38)33(30)43-20-24-13-14-25(36)18-27(24)37)19-39-35-32(26-9-7-5-6-8-10-31(26)44-35)34(41)40-29-15-21(2)11-12-22(29)3/h11-19H,4-10,20H2,1-3H3,(H,40,41). The number of nitrogens with zero attached hydrogens (tertiary/aromatic N) is 1. The van der Waals surface area contributed by atoms with Crippen LogP contribution >= 0.6 is 57.1 Å². The van der Waals surface area contributed by atoms with Gasteiger partial charge in [-0.3, -0.25) is 4.79 Å². The van der Waals surface area contributed by atoms with Crippen LogP contribution in [-0.2, 0) is 19.4 Å². The van der Waals surface area contributed by atoms with Crippen molar-refractivity contribution in [3.8, 4) is 11.5 Å². The number of anilines is 1. The second kappa shape index (κ2) is 15.1. The topological polar surface area (TPSA) is 59.9 Å². The first kappa shape index (κ1) is 32.8. The molecule has 0 spiro atoms. The number of carbonyl (C=O) groups is 1. The zero-order valence-corrected chi connectivity index (χ0v) is 29.6. The van der Waals surface area contributed by atoms with Crippen molar-refractivity contribution in [1.29, 1.82) is 0 Å². The Labute approximate surface area is 287 Å². The lowest BCUT2D eigenvalue weighted by Crippen LogP contribution is -2.15. The number of fused-ring (bicyclic) bond motifs is 1. The van der Waals surface area contributed by atoms with Crippen molar-refractivity contribution < 1.29 is 14.3 Å². The largest absolute Gasteiger partial charge is 0.490 e. The molecule has 1 aromatic heterocycles. The van der Waals surface area contributed by atoms with Gasteiger partial charge in [0.15, 0.2) is 11.5 Å². The van der Waals surface area contributed by atoms with E-state index in [9.17, 15) is 4.79 Å². The Kier molecular flexibility index (Phi) is 11.3. The number of thiophene rings is 1. The number of amides is 1. The number of carbonyl (C=O) groups excluding carboxylic acids is 1. The number of hydrogen-bond donors (Lipinski definition) is 1. The molecule has 1 aliphatic rings. The van der Waals surface area contributed by atoms with Crippen molar-refractivity contribution in [2.45, 2.75) is 65.9 Å². The Hall–Kier alpha value is -2.59. The lowest BCUT2D eigenvalue weighted by Gasteiger charge is -2.15. The Morgan fingerprint density at radius 3 is 2.59 bits per heavy atom. The van der Waals surface area contributed by atoms with E-state index in [0.29, 0.717) is 33.7 Å². The molecule has 9 heteroatoms. The Morgan fingerprint density at radius 2 is 1.82 bits per heavy atom.